The molecule has 0 bridgehead atoms. The van der Waals surface area contributed by atoms with Crippen LogP contribution in [0.1, 0.15) is 23.2 Å². The molecule has 0 aliphatic heterocycles. The summed E-state index contributed by atoms with van der Waals surface area (Å²) in [5.74, 6) is 0.123. The molecule has 1 rings (SSSR count). The number of hydrogen-bond donors (Lipinski definition) is 0. The van der Waals surface area contributed by atoms with E-state index in [9.17, 15) is 13.2 Å². The first kappa shape index (κ1) is 13.9. The van der Waals surface area contributed by atoms with E-state index in [0.717, 1.165) is 5.56 Å². The summed E-state index contributed by atoms with van der Waals surface area (Å²) in [5.41, 5.74) is -2.99. The third-order valence-corrected chi connectivity index (χ3v) is 3.84. The van der Waals surface area contributed by atoms with Gasteiger partial charge in [0.05, 0.1) is 0 Å². The van der Waals surface area contributed by atoms with Gasteiger partial charge in [-0.1, -0.05) is 58.0 Å². The first-order chi connectivity index (χ1) is 7.49. The van der Waals surface area contributed by atoms with Crippen LogP contribution in [0.5, 0.6) is 0 Å². The van der Waals surface area contributed by atoms with Crippen LogP contribution in [-0.4, -0.2) is 11.3 Å². The molecule has 0 heterocycles. The number of rotatable bonds is 5. The van der Waals surface area contributed by atoms with Gasteiger partial charge in [-0.2, -0.15) is 13.2 Å². The molecule has 0 spiro atoms. The zero-order valence-corrected chi connectivity index (χ0v) is 10.9. The molecule has 0 saturated heterocycles. The first-order valence-corrected chi connectivity index (χ1v) is 6.79. The normalized spacial score (nSPS) is 13.8. The Bertz CT molecular complexity index is 300. The Kier molecular flexibility index (Phi) is 5.69. The van der Waals surface area contributed by atoms with Crippen molar-refractivity contribution in [3.8, 4) is 0 Å². The Hall–Kier alpha value is -0.160. The molecular weight excluding hydrogens is 301 g/mol. The van der Waals surface area contributed by atoms with Crippen LogP contribution in [0.4, 0.5) is 13.2 Å². The predicted molar refractivity (Wildman–Crippen MR) is 65.9 cm³/mol. The molecule has 0 N–H and O–H groups in total. The highest BCUT2D eigenvalue weighted by atomic mass is 79.9. The van der Waals surface area contributed by atoms with Crippen LogP contribution in [0, 0.1) is 0 Å². The Morgan fingerprint density at radius 3 is 2.38 bits per heavy atom. The minimum atomic E-state index is -4.10. The molecule has 1 aromatic carbocycles. The van der Waals surface area contributed by atoms with Crippen LogP contribution in [-0.2, 0) is 0 Å². The molecule has 0 fully saturated rings. The molecule has 1 atom stereocenters. The largest absolute Gasteiger partial charge is 0.441 e. The highest BCUT2D eigenvalue weighted by molar-refractivity contribution is 9.09. The van der Waals surface area contributed by atoms with E-state index in [-0.39, 0.29) is 22.3 Å². The van der Waals surface area contributed by atoms with Gasteiger partial charge in [0.1, 0.15) is 0 Å². The van der Waals surface area contributed by atoms with Crippen molar-refractivity contribution >= 4 is 27.7 Å². The molecule has 90 valence electrons. The van der Waals surface area contributed by atoms with Gasteiger partial charge in [-0.3, -0.25) is 0 Å². The lowest BCUT2D eigenvalue weighted by Crippen LogP contribution is -2.01. The highest BCUT2D eigenvalue weighted by Crippen LogP contribution is 2.33. The van der Waals surface area contributed by atoms with Gasteiger partial charge in [-0.05, 0) is 18.4 Å². The number of halogens is 4. The van der Waals surface area contributed by atoms with E-state index in [1.165, 1.54) is 0 Å². The topological polar surface area (TPSA) is 0 Å². The Labute approximate surface area is 106 Å². The van der Waals surface area contributed by atoms with Crippen molar-refractivity contribution in [2.45, 2.75) is 23.2 Å². The standard InChI is InChI=1S/C11H12BrF3S/c12-10(9-5-2-1-3-6-9)7-4-8-16-11(13,14)15/h1-3,5-6,10H,4,7-8H2. The minimum absolute atomic E-state index is 0.0499. The average Bonchev–Trinajstić information content (AvgIpc) is 2.24. The van der Waals surface area contributed by atoms with Crippen molar-refractivity contribution in [2.75, 3.05) is 5.75 Å². The van der Waals surface area contributed by atoms with Crippen molar-refractivity contribution in [3.05, 3.63) is 35.9 Å². The second kappa shape index (κ2) is 6.55. The monoisotopic (exact) mass is 312 g/mol. The van der Waals surface area contributed by atoms with Gasteiger partial charge in [0.2, 0.25) is 0 Å². The number of thioether (sulfide) groups is 1. The van der Waals surface area contributed by atoms with E-state index in [0.29, 0.717) is 12.8 Å². The molecular formula is C11H12BrF3S. The van der Waals surface area contributed by atoms with Crippen LogP contribution < -0.4 is 0 Å². The number of alkyl halides is 4. The van der Waals surface area contributed by atoms with E-state index in [1.807, 2.05) is 30.3 Å². The summed E-state index contributed by atoms with van der Waals surface area (Å²) in [4.78, 5) is 0.141. The highest BCUT2D eigenvalue weighted by Gasteiger charge is 2.27. The molecule has 0 aliphatic carbocycles. The molecule has 0 saturated carbocycles. The molecule has 5 heteroatoms. The van der Waals surface area contributed by atoms with Crippen molar-refractivity contribution in [3.63, 3.8) is 0 Å². The lowest BCUT2D eigenvalue weighted by Gasteiger charge is -2.10. The maximum atomic E-state index is 11.9. The lowest BCUT2D eigenvalue weighted by atomic mass is 10.1. The summed E-state index contributed by atoms with van der Waals surface area (Å²) < 4.78 is 35.6. The molecule has 0 aliphatic rings. The van der Waals surface area contributed by atoms with Crippen molar-refractivity contribution in [1.82, 2.24) is 0 Å². The minimum Gasteiger partial charge on any atom is -0.160 e. The summed E-state index contributed by atoms with van der Waals surface area (Å²) in [7, 11) is 0. The zero-order valence-electron chi connectivity index (χ0n) is 8.51. The zero-order chi connectivity index (χ0) is 12.0. The van der Waals surface area contributed by atoms with Gasteiger partial charge in [-0.25, -0.2) is 0 Å². The molecule has 1 aromatic rings. The van der Waals surface area contributed by atoms with Gasteiger partial charge < -0.3 is 0 Å². The maximum absolute atomic E-state index is 11.9. The Balaban J connectivity index is 2.24. The van der Waals surface area contributed by atoms with Crippen molar-refractivity contribution in [1.29, 1.82) is 0 Å². The summed E-state index contributed by atoms with van der Waals surface area (Å²) in [6.45, 7) is 0. The second-order valence-electron chi connectivity index (χ2n) is 3.31. The average molecular weight is 313 g/mol. The molecule has 16 heavy (non-hydrogen) atoms. The summed E-state index contributed by atoms with van der Waals surface area (Å²) >= 11 is 3.53. The molecule has 1 unspecified atom stereocenters. The van der Waals surface area contributed by atoms with Gasteiger partial charge >= 0.3 is 5.51 Å². The molecule has 0 aromatic heterocycles. The van der Waals surface area contributed by atoms with E-state index >= 15 is 0 Å². The van der Waals surface area contributed by atoms with E-state index in [1.54, 1.807) is 0 Å². The van der Waals surface area contributed by atoms with Crippen molar-refractivity contribution in [2.24, 2.45) is 0 Å². The number of hydrogen-bond acceptors (Lipinski definition) is 1. The van der Waals surface area contributed by atoms with Gasteiger partial charge in [0.15, 0.2) is 0 Å². The van der Waals surface area contributed by atoms with Gasteiger partial charge in [0.25, 0.3) is 0 Å². The van der Waals surface area contributed by atoms with Crippen LogP contribution in [0.3, 0.4) is 0 Å². The third kappa shape index (κ3) is 5.80. The predicted octanol–water partition coefficient (Wildman–Crippen LogP) is 5.16. The third-order valence-electron chi connectivity index (χ3n) is 2.03. The van der Waals surface area contributed by atoms with Crippen molar-refractivity contribution < 1.29 is 13.2 Å². The van der Waals surface area contributed by atoms with E-state index in [4.69, 9.17) is 0 Å². The second-order valence-corrected chi connectivity index (χ2v) is 5.58. The van der Waals surface area contributed by atoms with Crippen LogP contribution >= 0.6 is 27.7 Å². The van der Waals surface area contributed by atoms with Gasteiger partial charge in [0, 0.05) is 10.6 Å². The molecule has 0 amide bonds. The van der Waals surface area contributed by atoms with Crippen LogP contribution in [0.15, 0.2) is 30.3 Å². The fourth-order valence-electron chi connectivity index (χ4n) is 1.28. The van der Waals surface area contributed by atoms with Crippen LogP contribution in [0.25, 0.3) is 0 Å². The Morgan fingerprint density at radius 1 is 1.19 bits per heavy atom. The van der Waals surface area contributed by atoms with Gasteiger partial charge in [-0.15, -0.1) is 0 Å². The summed E-state index contributed by atoms with van der Waals surface area (Å²) in [6, 6.07) is 9.71. The Morgan fingerprint density at radius 2 is 1.81 bits per heavy atom. The quantitative estimate of drug-likeness (QED) is 0.535. The SMILES string of the molecule is FC(F)(F)SCCCC(Br)c1ccccc1. The fraction of sp³-hybridized carbons (Fsp3) is 0.455. The first-order valence-electron chi connectivity index (χ1n) is 4.89. The molecule has 0 radical (unpaired) electrons. The maximum Gasteiger partial charge on any atom is 0.441 e. The summed E-state index contributed by atoms with van der Waals surface area (Å²) in [6.07, 6.45) is 1.27. The smallest absolute Gasteiger partial charge is 0.160 e. The van der Waals surface area contributed by atoms with E-state index < -0.39 is 5.51 Å². The molecule has 0 nitrogen and oxygen atoms in total. The van der Waals surface area contributed by atoms with E-state index in [2.05, 4.69) is 15.9 Å². The summed E-state index contributed by atoms with van der Waals surface area (Å²) in [5, 5.41) is 0. The fourth-order valence-corrected chi connectivity index (χ4v) is 2.45. The van der Waals surface area contributed by atoms with Crippen LogP contribution in [0.2, 0.25) is 0 Å². The lowest BCUT2D eigenvalue weighted by molar-refractivity contribution is -0.0328. The number of benzene rings is 1.